The second kappa shape index (κ2) is 6.56. The molecule has 2 heterocycles. The van der Waals surface area contributed by atoms with E-state index in [0.717, 1.165) is 18.5 Å². The molecule has 2 aromatic rings. The molecule has 1 saturated heterocycles. The lowest BCUT2D eigenvalue weighted by atomic mass is 9.97. The smallest absolute Gasteiger partial charge is 0.232 e. The average Bonchev–Trinajstić information content (AvgIpc) is 3.02. The van der Waals surface area contributed by atoms with Gasteiger partial charge in [-0.2, -0.15) is 0 Å². The minimum atomic E-state index is -0.437. The van der Waals surface area contributed by atoms with Gasteiger partial charge < -0.3 is 9.80 Å². The number of fused-ring (bicyclic) bond motifs is 1. The quantitative estimate of drug-likeness (QED) is 0.830. The van der Waals surface area contributed by atoms with E-state index in [2.05, 4.69) is 6.07 Å². The summed E-state index contributed by atoms with van der Waals surface area (Å²) in [5.41, 5.74) is 3.56. The van der Waals surface area contributed by atoms with Gasteiger partial charge >= 0.3 is 0 Å². The Morgan fingerprint density at radius 3 is 2.77 bits per heavy atom. The van der Waals surface area contributed by atoms with E-state index in [1.54, 1.807) is 23.1 Å². The van der Waals surface area contributed by atoms with Gasteiger partial charge in [0.05, 0.1) is 11.6 Å². The van der Waals surface area contributed by atoms with Crippen molar-refractivity contribution in [3.05, 3.63) is 59.4 Å². The van der Waals surface area contributed by atoms with Gasteiger partial charge in [-0.3, -0.25) is 9.59 Å². The Balaban J connectivity index is 1.57. The van der Waals surface area contributed by atoms with E-state index in [9.17, 15) is 14.0 Å². The van der Waals surface area contributed by atoms with Crippen molar-refractivity contribution in [1.29, 1.82) is 0 Å². The van der Waals surface area contributed by atoms with Crippen LogP contribution >= 0.6 is 0 Å². The highest BCUT2D eigenvalue weighted by molar-refractivity contribution is 6.04. The van der Waals surface area contributed by atoms with E-state index >= 15 is 0 Å². The molecule has 4 nitrogen and oxygen atoms in total. The Kier molecular flexibility index (Phi) is 4.23. The van der Waals surface area contributed by atoms with Crippen LogP contribution < -0.4 is 9.80 Å². The first-order chi connectivity index (χ1) is 12.5. The summed E-state index contributed by atoms with van der Waals surface area (Å²) in [6.07, 6.45) is 2.01. The second-order valence-corrected chi connectivity index (χ2v) is 7.08. The number of carbonyl (C=O) groups excluding carboxylic acids is 2. The molecule has 0 spiro atoms. The molecule has 26 heavy (non-hydrogen) atoms. The topological polar surface area (TPSA) is 40.6 Å². The summed E-state index contributed by atoms with van der Waals surface area (Å²) < 4.78 is 14.0. The zero-order valence-electron chi connectivity index (χ0n) is 14.7. The van der Waals surface area contributed by atoms with Crippen molar-refractivity contribution >= 4 is 23.2 Å². The predicted molar refractivity (Wildman–Crippen MR) is 98.7 cm³/mol. The fraction of sp³-hybridized carbons (Fsp3) is 0.333. The number of rotatable bonds is 2. The van der Waals surface area contributed by atoms with Gasteiger partial charge in [-0.15, -0.1) is 0 Å². The Morgan fingerprint density at radius 2 is 1.96 bits per heavy atom. The molecule has 4 rings (SSSR count). The number of para-hydroxylation sites is 1. The zero-order valence-corrected chi connectivity index (χ0v) is 14.7. The molecule has 0 aromatic heterocycles. The van der Waals surface area contributed by atoms with Crippen LogP contribution in [-0.2, 0) is 16.0 Å². The summed E-state index contributed by atoms with van der Waals surface area (Å²) in [7, 11) is 0. The molecule has 0 N–H and O–H groups in total. The highest BCUT2D eigenvalue weighted by Crippen LogP contribution is 2.33. The van der Waals surface area contributed by atoms with Gasteiger partial charge in [-0.05, 0) is 43.5 Å². The third kappa shape index (κ3) is 2.87. The van der Waals surface area contributed by atoms with Crippen molar-refractivity contribution in [3.8, 4) is 0 Å². The van der Waals surface area contributed by atoms with E-state index in [1.807, 2.05) is 19.1 Å². The van der Waals surface area contributed by atoms with Crippen LogP contribution in [0.4, 0.5) is 15.8 Å². The lowest BCUT2D eigenvalue weighted by molar-refractivity contribution is -0.124. The summed E-state index contributed by atoms with van der Waals surface area (Å²) >= 11 is 0. The SMILES string of the molecule is Cc1ccc2c(c1)CCCN2C(=O)[C@H]1CC(=O)N(c2ccccc2F)C1. The first-order valence-electron chi connectivity index (χ1n) is 9.00. The van der Waals surface area contributed by atoms with E-state index in [4.69, 9.17) is 0 Å². The van der Waals surface area contributed by atoms with Crippen LogP contribution in [0.2, 0.25) is 0 Å². The third-order valence-electron chi connectivity index (χ3n) is 5.24. The van der Waals surface area contributed by atoms with Gasteiger partial charge in [0.1, 0.15) is 5.82 Å². The molecule has 2 aromatic carbocycles. The largest absolute Gasteiger partial charge is 0.312 e. The molecule has 1 atom stereocenters. The van der Waals surface area contributed by atoms with E-state index < -0.39 is 11.7 Å². The van der Waals surface area contributed by atoms with Gasteiger partial charge in [-0.25, -0.2) is 4.39 Å². The summed E-state index contributed by atoms with van der Waals surface area (Å²) in [5.74, 6) is -1.11. The van der Waals surface area contributed by atoms with Crippen LogP contribution in [0.25, 0.3) is 0 Å². The number of benzene rings is 2. The number of aryl methyl sites for hydroxylation is 2. The summed E-state index contributed by atoms with van der Waals surface area (Å²) in [5, 5.41) is 0. The highest BCUT2D eigenvalue weighted by atomic mass is 19.1. The number of nitrogens with zero attached hydrogens (tertiary/aromatic N) is 2. The Hall–Kier alpha value is -2.69. The molecule has 0 radical (unpaired) electrons. The fourth-order valence-corrected chi connectivity index (χ4v) is 3.95. The average molecular weight is 352 g/mol. The molecule has 2 aliphatic heterocycles. The molecule has 5 heteroatoms. The molecule has 1 fully saturated rings. The first-order valence-corrected chi connectivity index (χ1v) is 9.00. The van der Waals surface area contributed by atoms with Gasteiger partial charge in [0.15, 0.2) is 0 Å². The minimum absolute atomic E-state index is 0.0398. The normalized spacial score (nSPS) is 19.6. The standard InChI is InChI=1S/C21H21FN2O2/c1-14-8-9-18-15(11-14)5-4-10-23(18)21(26)16-12-20(25)24(13-16)19-7-3-2-6-17(19)22/h2-3,6-9,11,16H,4-5,10,12-13H2,1H3/t16-/m0/s1. The van der Waals surface area contributed by atoms with Crippen molar-refractivity contribution in [2.45, 2.75) is 26.2 Å². The van der Waals surface area contributed by atoms with Gasteiger partial charge in [0, 0.05) is 25.2 Å². The van der Waals surface area contributed by atoms with Crippen molar-refractivity contribution in [3.63, 3.8) is 0 Å². The molecular weight excluding hydrogens is 331 g/mol. The predicted octanol–water partition coefficient (Wildman–Crippen LogP) is 3.47. The summed E-state index contributed by atoms with van der Waals surface area (Å²) in [4.78, 5) is 28.7. The number of amides is 2. The maximum atomic E-state index is 14.0. The van der Waals surface area contributed by atoms with Crippen molar-refractivity contribution in [2.24, 2.45) is 5.92 Å². The van der Waals surface area contributed by atoms with Crippen LogP contribution in [0.15, 0.2) is 42.5 Å². The molecule has 2 aliphatic rings. The number of hydrogen-bond acceptors (Lipinski definition) is 2. The Morgan fingerprint density at radius 1 is 1.15 bits per heavy atom. The number of halogens is 1. The molecule has 0 bridgehead atoms. The van der Waals surface area contributed by atoms with Crippen LogP contribution in [0.3, 0.4) is 0 Å². The van der Waals surface area contributed by atoms with Crippen molar-refractivity contribution in [1.82, 2.24) is 0 Å². The van der Waals surface area contributed by atoms with Crippen LogP contribution in [-0.4, -0.2) is 24.9 Å². The molecular formula is C21H21FN2O2. The maximum Gasteiger partial charge on any atom is 0.232 e. The van der Waals surface area contributed by atoms with Gasteiger partial charge in [-0.1, -0.05) is 29.8 Å². The molecule has 2 amide bonds. The first kappa shape index (κ1) is 16.8. The lowest BCUT2D eigenvalue weighted by Gasteiger charge is -2.31. The van der Waals surface area contributed by atoms with E-state index in [0.29, 0.717) is 6.54 Å². The van der Waals surface area contributed by atoms with Crippen LogP contribution in [0, 0.1) is 18.7 Å². The van der Waals surface area contributed by atoms with Gasteiger partial charge in [0.2, 0.25) is 11.8 Å². The number of hydrogen-bond donors (Lipinski definition) is 0. The number of carbonyl (C=O) groups is 2. The Bertz CT molecular complexity index is 880. The molecule has 0 saturated carbocycles. The summed E-state index contributed by atoms with van der Waals surface area (Å²) in [6, 6.07) is 12.3. The fourth-order valence-electron chi connectivity index (χ4n) is 3.95. The zero-order chi connectivity index (χ0) is 18.3. The second-order valence-electron chi connectivity index (χ2n) is 7.08. The lowest BCUT2D eigenvalue weighted by Crippen LogP contribution is -2.40. The molecule has 134 valence electrons. The summed E-state index contributed by atoms with van der Waals surface area (Å²) in [6.45, 7) is 2.94. The molecule has 0 aliphatic carbocycles. The Labute approximate surface area is 152 Å². The number of anilines is 2. The van der Waals surface area contributed by atoms with Crippen LogP contribution in [0.1, 0.15) is 24.0 Å². The van der Waals surface area contributed by atoms with Crippen molar-refractivity contribution < 1.29 is 14.0 Å². The highest BCUT2D eigenvalue weighted by Gasteiger charge is 2.39. The van der Waals surface area contributed by atoms with E-state index in [-0.39, 0.29) is 30.5 Å². The minimum Gasteiger partial charge on any atom is -0.312 e. The van der Waals surface area contributed by atoms with Crippen molar-refractivity contribution in [2.75, 3.05) is 22.9 Å². The van der Waals surface area contributed by atoms with E-state index in [1.165, 1.54) is 22.1 Å². The van der Waals surface area contributed by atoms with Crippen LogP contribution in [0.5, 0.6) is 0 Å². The third-order valence-corrected chi connectivity index (χ3v) is 5.24. The van der Waals surface area contributed by atoms with Gasteiger partial charge in [0.25, 0.3) is 0 Å². The monoisotopic (exact) mass is 352 g/mol. The molecule has 0 unspecified atom stereocenters. The maximum absolute atomic E-state index is 14.0.